The number of hydrogen-bond acceptors (Lipinski definition) is 6. The molecule has 0 spiro atoms. The normalized spacial score (nSPS) is 16.6. The Labute approximate surface area is 196 Å². The quantitative estimate of drug-likeness (QED) is 0.517. The van der Waals surface area contributed by atoms with Gasteiger partial charge in [0.05, 0.1) is 12.1 Å². The Kier molecular flexibility index (Phi) is 7.46. The maximum Gasteiger partial charge on any atom is 0.417 e. The number of nitrogens with zero attached hydrogens (tertiary/aromatic N) is 1. The summed E-state index contributed by atoms with van der Waals surface area (Å²) in [5.41, 5.74) is -2.60. The van der Waals surface area contributed by atoms with Crippen LogP contribution in [0.1, 0.15) is 32.3 Å². The topological polar surface area (TPSA) is 138 Å². The fourth-order valence-corrected chi connectivity index (χ4v) is 3.83. The van der Waals surface area contributed by atoms with E-state index in [1.54, 1.807) is 0 Å². The summed E-state index contributed by atoms with van der Waals surface area (Å²) in [6.07, 6.45) is -3.89. The number of likely N-dealkylation sites (tertiary alicyclic amines) is 1. The van der Waals surface area contributed by atoms with Gasteiger partial charge in [-0.3, -0.25) is 19.2 Å². The highest BCUT2D eigenvalue weighted by molar-refractivity contribution is 5.99. The van der Waals surface area contributed by atoms with Crippen LogP contribution in [0.3, 0.4) is 0 Å². The van der Waals surface area contributed by atoms with Gasteiger partial charge in [-0.05, 0) is 31.9 Å². The summed E-state index contributed by atoms with van der Waals surface area (Å²) >= 11 is 0. The summed E-state index contributed by atoms with van der Waals surface area (Å²) < 4.78 is 44.5. The molecule has 13 heteroatoms. The van der Waals surface area contributed by atoms with Crippen molar-refractivity contribution in [3.63, 3.8) is 0 Å². The van der Waals surface area contributed by atoms with Gasteiger partial charge in [0.25, 0.3) is 0 Å². The van der Waals surface area contributed by atoms with Crippen molar-refractivity contribution in [3.8, 4) is 0 Å². The molecule has 1 aromatic heterocycles. The molecule has 35 heavy (non-hydrogen) atoms. The Morgan fingerprint density at radius 3 is 2.57 bits per heavy atom. The summed E-state index contributed by atoms with van der Waals surface area (Å²) in [5, 5.41) is 6.99. The SMILES string of the molecule is CC(=O)N[C@@H](C)C(=O)NCC(=O)N1CCC[C@H]1C(=O)Nc1ccc2c(C(F)(F)F)cc(=O)oc2c1. The number of amides is 4. The third kappa shape index (κ3) is 6.16. The molecule has 0 bridgehead atoms. The molecule has 188 valence electrons. The minimum Gasteiger partial charge on any atom is -0.423 e. The number of carbonyl (C=O) groups excluding carboxylic acids is 4. The highest BCUT2D eigenvalue weighted by Gasteiger charge is 2.35. The van der Waals surface area contributed by atoms with Gasteiger partial charge in [0.15, 0.2) is 0 Å². The Hall–Kier alpha value is -3.90. The molecule has 0 saturated carbocycles. The fourth-order valence-electron chi connectivity index (χ4n) is 3.83. The molecule has 1 aliphatic rings. The van der Waals surface area contributed by atoms with Crippen LogP contribution in [0.5, 0.6) is 0 Å². The van der Waals surface area contributed by atoms with E-state index in [-0.39, 0.29) is 29.7 Å². The van der Waals surface area contributed by atoms with Crippen molar-refractivity contribution in [2.24, 2.45) is 0 Å². The summed E-state index contributed by atoms with van der Waals surface area (Å²) in [4.78, 5) is 61.3. The number of alkyl halides is 3. The molecule has 1 aliphatic heterocycles. The molecule has 3 N–H and O–H groups in total. The molecule has 1 fully saturated rings. The number of fused-ring (bicyclic) bond motifs is 1. The number of nitrogens with one attached hydrogen (secondary N) is 3. The fraction of sp³-hybridized carbons (Fsp3) is 0.409. The summed E-state index contributed by atoms with van der Waals surface area (Å²) in [7, 11) is 0. The standard InChI is InChI=1S/C22H23F3N4O6/c1-11(27-12(2)30)20(33)26-10-18(31)29-7-3-4-16(29)21(34)28-13-5-6-14-15(22(23,24)25)9-19(32)35-17(14)8-13/h5-6,8-9,11,16H,3-4,7,10H2,1-2H3,(H,26,33)(H,27,30)(H,28,34)/t11-,16-/m0/s1. The zero-order valence-electron chi connectivity index (χ0n) is 18.8. The maximum absolute atomic E-state index is 13.2. The molecular formula is C22H23F3N4O6. The first-order valence-corrected chi connectivity index (χ1v) is 10.7. The van der Waals surface area contributed by atoms with E-state index in [1.807, 2.05) is 0 Å². The largest absolute Gasteiger partial charge is 0.423 e. The molecule has 2 heterocycles. The lowest BCUT2D eigenvalue weighted by atomic mass is 10.1. The first kappa shape index (κ1) is 25.7. The molecule has 2 aromatic rings. The first-order chi connectivity index (χ1) is 16.4. The molecule has 10 nitrogen and oxygen atoms in total. The Balaban J connectivity index is 1.69. The first-order valence-electron chi connectivity index (χ1n) is 10.7. The van der Waals surface area contributed by atoms with Crippen molar-refractivity contribution in [1.29, 1.82) is 0 Å². The van der Waals surface area contributed by atoms with E-state index >= 15 is 0 Å². The summed E-state index contributed by atoms with van der Waals surface area (Å²) in [5.74, 6) is -2.06. The lowest BCUT2D eigenvalue weighted by Crippen LogP contribution is -2.50. The number of carbonyl (C=O) groups is 4. The zero-order chi connectivity index (χ0) is 25.9. The van der Waals surface area contributed by atoms with Crippen LogP contribution in [0.25, 0.3) is 11.0 Å². The molecule has 1 saturated heterocycles. The van der Waals surface area contributed by atoms with E-state index in [1.165, 1.54) is 24.8 Å². The average Bonchev–Trinajstić information content (AvgIpc) is 3.25. The van der Waals surface area contributed by atoms with Gasteiger partial charge in [-0.25, -0.2) is 4.79 Å². The molecule has 0 aliphatic carbocycles. The van der Waals surface area contributed by atoms with Gasteiger partial charge >= 0.3 is 11.8 Å². The predicted molar refractivity (Wildman–Crippen MR) is 117 cm³/mol. The smallest absolute Gasteiger partial charge is 0.417 e. The van der Waals surface area contributed by atoms with Crippen LogP contribution in [-0.4, -0.2) is 53.7 Å². The van der Waals surface area contributed by atoms with E-state index in [2.05, 4.69) is 16.0 Å². The van der Waals surface area contributed by atoms with E-state index in [0.717, 1.165) is 12.1 Å². The van der Waals surface area contributed by atoms with Gasteiger partial charge in [-0.2, -0.15) is 13.2 Å². The number of benzene rings is 1. The predicted octanol–water partition coefficient (Wildman–Crippen LogP) is 1.38. The van der Waals surface area contributed by atoms with Crippen molar-refractivity contribution in [3.05, 3.63) is 40.2 Å². The van der Waals surface area contributed by atoms with E-state index in [0.29, 0.717) is 18.9 Å². The van der Waals surface area contributed by atoms with Crippen molar-refractivity contribution in [2.45, 2.75) is 44.9 Å². The Morgan fingerprint density at radius 2 is 1.91 bits per heavy atom. The van der Waals surface area contributed by atoms with Crippen LogP contribution in [-0.2, 0) is 25.4 Å². The second-order valence-corrected chi connectivity index (χ2v) is 8.06. The van der Waals surface area contributed by atoms with Gasteiger partial charge < -0.3 is 25.3 Å². The maximum atomic E-state index is 13.2. The van der Waals surface area contributed by atoms with E-state index in [9.17, 15) is 37.1 Å². The highest BCUT2D eigenvalue weighted by atomic mass is 19.4. The molecule has 4 amide bonds. The minimum atomic E-state index is -4.76. The summed E-state index contributed by atoms with van der Waals surface area (Å²) in [6.45, 7) is 2.60. The Morgan fingerprint density at radius 1 is 1.20 bits per heavy atom. The van der Waals surface area contributed by atoms with Crippen molar-refractivity contribution >= 4 is 40.3 Å². The number of hydrogen-bond donors (Lipinski definition) is 3. The third-order valence-electron chi connectivity index (χ3n) is 5.42. The molecular weight excluding hydrogens is 473 g/mol. The van der Waals surface area contributed by atoms with Crippen LogP contribution in [0.2, 0.25) is 0 Å². The van der Waals surface area contributed by atoms with Gasteiger partial charge in [0.1, 0.15) is 17.7 Å². The Bertz CT molecular complexity index is 1230. The van der Waals surface area contributed by atoms with Crippen LogP contribution >= 0.6 is 0 Å². The van der Waals surface area contributed by atoms with Crippen LogP contribution in [0.4, 0.5) is 18.9 Å². The number of rotatable bonds is 6. The van der Waals surface area contributed by atoms with Crippen molar-refractivity contribution < 1.29 is 36.8 Å². The molecule has 3 rings (SSSR count). The van der Waals surface area contributed by atoms with Gasteiger partial charge in [0, 0.05) is 36.7 Å². The van der Waals surface area contributed by atoms with Gasteiger partial charge in [-0.1, -0.05) is 0 Å². The van der Waals surface area contributed by atoms with Crippen LogP contribution < -0.4 is 21.6 Å². The van der Waals surface area contributed by atoms with Crippen LogP contribution in [0.15, 0.2) is 33.5 Å². The van der Waals surface area contributed by atoms with Crippen LogP contribution in [0, 0.1) is 0 Å². The van der Waals surface area contributed by atoms with Crippen molar-refractivity contribution in [1.82, 2.24) is 15.5 Å². The van der Waals surface area contributed by atoms with E-state index < -0.39 is 53.1 Å². The highest BCUT2D eigenvalue weighted by Crippen LogP contribution is 2.34. The number of anilines is 1. The van der Waals surface area contributed by atoms with Gasteiger partial charge in [-0.15, -0.1) is 0 Å². The molecule has 0 unspecified atom stereocenters. The monoisotopic (exact) mass is 496 g/mol. The zero-order valence-corrected chi connectivity index (χ0v) is 18.8. The number of halogens is 3. The van der Waals surface area contributed by atoms with Crippen molar-refractivity contribution in [2.75, 3.05) is 18.4 Å². The molecule has 0 radical (unpaired) electrons. The average molecular weight is 496 g/mol. The van der Waals surface area contributed by atoms with Gasteiger partial charge in [0.2, 0.25) is 23.6 Å². The van der Waals surface area contributed by atoms with E-state index in [4.69, 9.17) is 4.42 Å². The minimum absolute atomic E-state index is 0.0849. The second kappa shape index (κ2) is 10.2. The third-order valence-corrected chi connectivity index (χ3v) is 5.42. The second-order valence-electron chi connectivity index (χ2n) is 8.06. The summed E-state index contributed by atoms with van der Waals surface area (Å²) in [6, 6.07) is 2.08. The lowest BCUT2D eigenvalue weighted by Gasteiger charge is -2.24. The molecule has 2 atom stereocenters. The molecule has 1 aromatic carbocycles. The lowest BCUT2D eigenvalue weighted by molar-refractivity contribution is -0.137.